The first-order valence-electron chi connectivity index (χ1n) is 12.2. The largest absolute Gasteiger partial charge is 0.481 e. The zero-order chi connectivity index (χ0) is 27.5. The molecule has 13 nitrogen and oxygen atoms in total. The van der Waals surface area contributed by atoms with Gasteiger partial charge in [-0.1, -0.05) is 0 Å². The van der Waals surface area contributed by atoms with E-state index >= 15 is 0 Å². The lowest BCUT2D eigenvalue weighted by molar-refractivity contribution is -0.139. The van der Waals surface area contributed by atoms with Crippen LogP contribution in [0.1, 0.15) is 44.9 Å². The molecule has 0 unspecified atom stereocenters. The lowest BCUT2D eigenvalue weighted by Gasteiger charge is -2.17. The summed E-state index contributed by atoms with van der Waals surface area (Å²) in [5, 5.41) is 14.2. The predicted octanol–water partition coefficient (Wildman–Crippen LogP) is -0.424. The average molecular weight is 528 g/mol. The molecule has 1 atom stereocenters. The SMILES string of the molecule is COCCOCCCC(=O)[C@@H](CCC(=O)O)NC(=O)CCOCCCNC(=O)CCN1C(=O)C=CC1=O. The van der Waals surface area contributed by atoms with Crippen LogP contribution in [0, 0.1) is 0 Å². The molecule has 37 heavy (non-hydrogen) atoms. The first-order valence-corrected chi connectivity index (χ1v) is 12.2. The third-order valence-corrected chi connectivity index (χ3v) is 5.24. The Morgan fingerprint density at radius 3 is 2.22 bits per heavy atom. The molecule has 1 aliphatic rings. The third kappa shape index (κ3) is 14.9. The van der Waals surface area contributed by atoms with Gasteiger partial charge in [0.2, 0.25) is 11.8 Å². The summed E-state index contributed by atoms with van der Waals surface area (Å²) < 4.78 is 15.5. The van der Waals surface area contributed by atoms with Crippen molar-refractivity contribution in [1.29, 1.82) is 0 Å². The number of Topliss-reactive ketones (excluding diaryl/α,β-unsaturated/α-hetero) is 1. The van der Waals surface area contributed by atoms with E-state index in [9.17, 15) is 28.8 Å². The predicted molar refractivity (Wildman–Crippen MR) is 129 cm³/mol. The van der Waals surface area contributed by atoms with E-state index < -0.39 is 29.7 Å². The number of carboxylic acids is 1. The molecule has 0 spiro atoms. The number of hydrogen-bond acceptors (Lipinski definition) is 9. The van der Waals surface area contributed by atoms with E-state index in [4.69, 9.17) is 19.3 Å². The Balaban J connectivity index is 2.18. The molecular weight excluding hydrogens is 490 g/mol. The molecule has 0 aromatic carbocycles. The van der Waals surface area contributed by atoms with Crippen LogP contribution in [0.5, 0.6) is 0 Å². The van der Waals surface area contributed by atoms with Crippen LogP contribution >= 0.6 is 0 Å². The maximum atomic E-state index is 12.4. The second-order valence-electron chi connectivity index (χ2n) is 8.20. The molecule has 1 rings (SSSR count). The molecule has 0 bridgehead atoms. The highest BCUT2D eigenvalue weighted by Crippen LogP contribution is 2.06. The summed E-state index contributed by atoms with van der Waals surface area (Å²) in [5.41, 5.74) is 0. The molecular formula is C24H37N3O10. The van der Waals surface area contributed by atoms with Gasteiger partial charge in [0, 0.05) is 71.2 Å². The van der Waals surface area contributed by atoms with Gasteiger partial charge in [0.15, 0.2) is 5.78 Å². The van der Waals surface area contributed by atoms with Gasteiger partial charge in [-0.2, -0.15) is 0 Å². The molecule has 0 saturated heterocycles. The second kappa shape index (κ2) is 19.0. The number of carbonyl (C=O) groups is 6. The van der Waals surface area contributed by atoms with Gasteiger partial charge in [-0.05, 0) is 19.3 Å². The van der Waals surface area contributed by atoms with Crippen molar-refractivity contribution in [3.05, 3.63) is 12.2 Å². The highest BCUT2D eigenvalue weighted by molar-refractivity contribution is 6.13. The minimum atomic E-state index is -1.06. The Morgan fingerprint density at radius 1 is 0.865 bits per heavy atom. The summed E-state index contributed by atoms with van der Waals surface area (Å²) in [5.74, 6) is -2.90. The van der Waals surface area contributed by atoms with Crippen molar-refractivity contribution in [1.82, 2.24) is 15.5 Å². The van der Waals surface area contributed by atoms with Crippen LogP contribution in [0.25, 0.3) is 0 Å². The standard InChI is InChI=1S/C24H37N3O10/c1-35-16-17-37-13-2-4-19(28)18(5-8-24(33)34)26-21(30)10-15-36-14-3-11-25-20(29)9-12-27-22(31)6-7-23(27)32/h6-7,18H,2-5,8-17H2,1H3,(H,25,29)(H,26,30)(H,33,34)/t18-/m1/s1. The van der Waals surface area contributed by atoms with Crippen molar-refractivity contribution < 1.29 is 48.1 Å². The van der Waals surface area contributed by atoms with Crippen molar-refractivity contribution in [2.24, 2.45) is 0 Å². The molecule has 0 aliphatic carbocycles. The monoisotopic (exact) mass is 527 g/mol. The topological polar surface area (TPSA) is 178 Å². The maximum absolute atomic E-state index is 12.4. The minimum absolute atomic E-state index is 0.00157. The van der Waals surface area contributed by atoms with Gasteiger partial charge >= 0.3 is 5.97 Å². The van der Waals surface area contributed by atoms with E-state index in [1.54, 1.807) is 7.11 Å². The van der Waals surface area contributed by atoms with Gasteiger partial charge in [0.05, 0.1) is 25.9 Å². The first kappa shape index (κ1) is 31.9. The lowest BCUT2D eigenvalue weighted by atomic mass is 10.0. The van der Waals surface area contributed by atoms with Gasteiger partial charge in [0.25, 0.3) is 11.8 Å². The highest BCUT2D eigenvalue weighted by Gasteiger charge is 2.23. The zero-order valence-corrected chi connectivity index (χ0v) is 21.2. The van der Waals surface area contributed by atoms with E-state index in [-0.39, 0.29) is 63.6 Å². The molecule has 1 heterocycles. The van der Waals surface area contributed by atoms with Crippen LogP contribution in [0.4, 0.5) is 0 Å². The summed E-state index contributed by atoms with van der Waals surface area (Å²) in [6.45, 7) is 1.94. The summed E-state index contributed by atoms with van der Waals surface area (Å²) in [7, 11) is 1.56. The van der Waals surface area contributed by atoms with E-state index in [0.717, 1.165) is 17.1 Å². The van der Waals surface area contributed by atoms with E-state index in [2.05, 4.69) is 10.6 Å². The molecule has 208 valence electrons. The number of aliphatic carboxylic acids is 1. The van der Waals surface area contributed by atoms with Crippen molar-refractivity contribution in [2.45, 2.75) is 51.0 Å². The third-order valence-electron chi connectivity index (χ3n) is 5.24. The number of carbonyl (C=O) groups excluding carboxylic acids is 5. The summed E-state index contributed by atoms with van der Waals surface area (Å²) in [6, 6.07) is -0.889. The fourth-order valence-electron chi connectivity index (χ4n) is 3.24. The Morgan fingerprint density at radius 2 is 1.54 bits per heavy atom. The van der Waals surface area contributed by atoms with Gasteiger partial charge in [0.1, 0.15) is 0 Å². The van der Waals surface area contributed by atoms with Crippen molar-refractivity contribution in [3.8, 4) is 0 Å². The number of nitrogens with one attached hydrogen (secondary N) is 2. The minimum Gasteiger partial charge on any atom is -0.481 e. The first-order chi connectivity index (χ1) is 17.7. The average Bonchev–Trinajstić information content (AvgIpc) is 3.18. The molecule has 13 heteroatoms. The van der Waals surface area contributed by atoms with Crippen molar-refractivity contribution >= 4 is 35.4 Å². The molecule has 0 fully saturated rings. The molecule has 3 N–H and O–H groups in total. The number of imide groups is 1. The van der Waals surface area contributed by atoms with Crippen molar-refractivity contribution in [2.75, 3.05) is 53.2 Å². The quantitative estimate of drug-likeness (QED) is 0.124. The van der Waals surface area contributed by atoms with Gasteiger partial charge < -0.3 is 30.0 Å². The highest BCUT2D eigenvalue weighted by atomic mass is 16.5. The van der Waals surface area contributed by atoms with Crippen LogP contribution in [-0.4, -0.2) is 105 Å². The molecule has 0 aromatic rings. The summed E-state index contributed by atoms with van der Waals surface area (Å²) in [4.78, 5) is 71.2. The van der Waals surface area contributed by atoms with Gasteiger partial charge in [-0.25, -0.2) is 0 Å². The fraction of sp³-hybridized carbons (Fsp3) is 0.667. The fourth-order valence-corrected chi connectivity index (χ4v) is 3.24. The summed E-state index contributed by atoms with van der Waals surface area (Å²) in [6.07, 6.45) is 3.17. The van der Waals surface area contributed by atoms with E-state index in [0.29, 0.717) is 39.2 Å². The number of carboxylic acid groups (broad SMARTS) is 1. The van der Waals surface area contributed by atoms with E-state index in [1.165, 1.54) is 0 Å². The number of amides is 4. The van der Waals surface area contributed by atoms with Crippen LogP contribution in [-0.2, 0) is 43.0 Å². The molecule has 4 amide bonds. The number of methoxy groups -OCH3 is 1. The number of ether oxygens (including phenoxy) is 3. The Kier molecular flexibility index (Phi) is 16.4. The number of nitrogens with zero attached hydrogens (tertiary/aromatic N) is 1. The van der Waals surface area contributed by atoms with Crippen LogP contribution in [0.15, 0.2) is 12.2 Å². The molecule has 1 aliphatic heterocycles. The van der Waals surface area contributed by atoms with Crippen LogP contribution in [0.3, 0.4) is 0 Å². The zero-order valence-electron chi connectivity index (χ0n) is 21.2. The molecule has 0 radical (unpaired) electrons. The second-order valence-corrected chi connectivity index (χ2v) is 8.20. The molecule has 0 aromatic heterocycles. The maximum Gasteiger partial charge on any atom is 0.303 e. The molecule has 0 saturated carbocycles. The van der Waals surface area contributed by atoms with E-state index in [1.807, 2.05) is 0 Å². The Labute approximate surface area is 215 Å². The van der Waals surface area contributed by atoms with Crippen molar-refractivity contribution in [3.63, 3.8) is 0 Å². The lowest BCUT2D eigenvalue weighted by Crippen LogP contribution is -2.41. The smallest absolute Gasteiger partial charge is 0.303 e. The van der Waals surface area contributed by atoms with Crippen LogP contribution < -0.4 is 10.6 Å². The Hall–Kier alpha value is -3.16. The Bertz CT molecular complexity index is 797. The number of rotatable bonds is 22. The number of ketones is 1. The van der Waals surface area contributed by atoms with Crippen LogP contribution in [0.2, 0.25) is 0 Å². The summed E-state index contributed by atoms with van der Waals surface area (Å²) >= 11 is 0. The van der Waals surface area contributed by atoms with Gasteiger partial charge in [-0.3, -0.25) is 33.7 Å². The number of hydrogen-bond donors (Lipinski definition) is 3. The van der Waals surface area contributed by atoms with Gasteiger partial charge in [-0.15, -0.1) is 0 Å². The normalized spacial score (nSPS) is 13.6.